The van der Waals surface area contributed by atoms with Gasteiger partial charge in [-0.1, -0.05) is 30.0 Å². The van der Waals surface area contributed by atoms with E-state index in [4.69, 9.17) is 4.74 Å². The summed E-state index contributed by atoms with van der Waals surface area (Å²) in [5, 5.41) is 0.875. The lowest BCUT2D eigenvalue weighted by Gasteiger charge is -2.20. The van der Waals surface area contributed by atoms with Crippen LogP contribution in [0.5, 0.6) is 0 Å². The maximum absolute atomic E-state index is 12.6. The Labute approximate surface area is 148 Å². The van der Waals surface area contributed by atoms with Gasteiger partial charge in [-0.05, 0) is 32.9 Å². The van der Waals surface area contributed by atoms with Gasteiger partial charge in [-0.3, -0.25) is 4.79 Å². The Morgan fingerprint density at radius 3 is 2.62 bits per heavy atom. The number of methoxy groups -OCH3 is 1. The Morgan fingerprint density at radius 2 is 2.00 bits per heavy atom. The van der Waals surface area contributed by atoms with Crippen LogP contribution in [0.1, 0.15) is 18.3 Å². The molecule has 1 heterocycles. The molecule has 0 saturated heterocycles. The molecular formula is C18H25N3O2S. The van der Waals surface area contributed by atoms with Gasteiger partial charge in [-0.15, -0.1) is 0 Å². The molecule has 24 heavy (non-hydrogen) atoms. The maximum atomic E-state index is 12.6. The van der Waals surface area contributed by atoms with E-state index in [1.165, 1.54) is 11.8 Å². The van der Waals surface area contributed by atoms with Gasteiger partial charge in [0, 0.05) is 31.6 Å². The molecule has 0 aliphatic rings. The number of carbonyl (C=O) groups is 1. The average Bonchev–Trinajstić information content (AvgIpc) is 2.87. The molecular weight excluding hydrogens is 322 g/mol. The largest absolute Gasteiger partial charge is 0.383 e. The lowest BCUT2D eigenvalue weighted by atomic mass is 10.3. The van der Waals surface area contributed by atoms with Crippen LogP contribution in [0.15, 0.2) is 35.5 Å². The number of imidazole rings is 1. The van der Waals surface area contributed by atoms with Gasteiger partial charge < -0.3 is 14.2 Å². The number of nitrogens with zero attached hydrogens (tertiary/aromatic N) is 3. The summed E-state index contributed by atoms with van der Waals surface area (Å²) in [6.45, 7) is 8.06. The van der Waals surface area contributed by atoms with E-state index in [0.29, 0.717) is 18.9 Å². The zero-order valence-electron chi connectivity index (χ0n) is 14.8. The summed E-state index contributed by atoms with van der Waals surface area (Å²) in [6, 6.07) is 9.76. The van der Waals surface area contributed by atoms with Crippen molar-refractivity contribution in [3.8, 4) is 0 Å². The molecule has 0 aliphatic heterocycles. The van der Waals surface area contributed by atoms with Crippen LogP contribution in [0.4, 0.5) is 5.69 Å². The molecule has 2 aromatic rings. The van der Waals surface area contributed by atoms with Gasteiger partial charge in [0.05, 0.1) is 18.1 Å². The quantitative estimate of drug-likeness (QED) is 0.688. The number of aryl methyl sites for hydroxylation is 1. The van der Waals surface area contributed by atoms with Crippen LogP contribution in [-0.4, -0.2) is 41.5 Å². The Kier molecular flexibility index (Phi) is 6.87. The van der Waals surface area contributed by atoms with E-state index >= 15 is 0 Å². The average molecular weight is 347 g/mol. The molecule has 6 heteroatoms. The first-order chi connectivity index (χ1) is 11.6. The minimum atomic E-state index is 0.0882. The van der Waals surface area contributed by atoms with Crippen molar-refractivity contribution in [3.63, 3.8) is 0 Å². The smallest absolute Gasteiger partial charge is 0.237 e. The first-order valence-corrected chi connectivity index (χ1v) is 9.07. The Hall–Kier alpha value is -1.79. The van der Waals surface area contributed by atoms with Crippen molar-refractivity contribution in [2.45, 2.75) is 32.5 Å². The van der Waals surface area contributed by atoms with Crippen LogP contribution in [0.3, 0.4) is 0 Å². The van der Waals surface area contributed by atoms with Gasteiger partial charge in [0.25, 0.3) is 0 Å². The van der Waals surface area contributed by atoms with E-state index in [1.54, 1.807) is 12.0 Å². The molecule has 0 atom stereocenters. The highest BCUT2D eigenvalue weighted by Crippen LogP contribution is 2.23. The summed E-state index contributed by atoms with van der Waals surface area (Å²) in [5.41, 5.74) is 3.05. The minimum Gasteiger partial charge on any atom is -0.383 e. The van der Waals surface area contributed by atoms with E-state index in [1.807, 2.05) is 51.1 Å². The number of anilines is 1. The number of hydrogen-bond donors (Lipinski definition) is 0. The third-order valence-electron chi connectivity index (χ3n) is 3.95. The predicted molar refractivity (Wildman–Crippen MR) is 98.8 cm³/mol. The highest BCUT2D eigenvalue weighted by Gasteiger charge is 2.17. The van der Waals surface area contributed by atoms with Crippen molar-refractivity contribution in [1.29, 1.82) is 0 Å². The van der Waals surface area contributed by atoms with Gasteiger partial charge in [-0.25, -0.2) is 4.98 Å². The van der Waals surface area contributed by atoms with E-state index in [9.17, 15) is 4.79 Å². The summed E-state index contributed by atoms with van der Waals surface area (Å²) in [6.07, 6.45) is 0. The van der Waals surface area contributed by atoms with Crippen molar-refractivity contribution in [2.75, 3.05) is 30.9 Å². The molecule has 0 radical (unpaired) electrons. The fourth-order valence-corrected chi connectivity index (χ4v) is 3.49. The summed E-state index contributed by atoms with van der Waals surface area (Å²) >= 11 is 1.48. The van der Waals surface area contributed by atoms with Crippen LogP contribution in [-0.2, 0) is 16.1 Å². The second kappa shape index (κ2) is 8.89. The lowest BCUT2D eigenvalue weighted by Crippen LogP contribution is -2.32. The van der Waals surface area contributed by atoms with E-state index in [0.717, 1.165) is 28.8 Å². The molecule has 5 nitrogen and oxygen atoms in total. The summed E-state index contributed by atoms with van der Waals surface area (Å²) < 4.78 is 7.29. The van der Waals surface area contributed by atoms with Crippen molar-refractivity contribution < 1.29 is 9.53 Å². The molecule has 2 rings (SSSR count). The van der Waals surface area contributed by atoms with Crippen molar-refractivity contribution in [2.24, 2.45) is 0 Å². The van der Waals surface area contributed by atoms with Crippen LogP contribution < -0.4 is 4.90 Å². The van der Waals surface area contributed by atoms with Crippen LogP contribution in [0.2, 0.25) is 0 Å². The molecule has 0 N–H and O–H groups in total. The summed E-state index contributed by atoms with van der Waals surface area (Å²) in [4.78, 5) is 19.0. The number of aromatic nitrogens is 2. The fraction of sp³-hybridized carbons (Fsp3) is 0.444. The number of thioether (sulfide) groups is 1. The zero-order valence-corrected chi connectivity index (χ0v) is 15.6. The third-order valence-corrected chi connectivity index (χ3v) is 4.91. The highest BCUT2D eigenvalue weighted by molar-refractivity contribution is 7.99. The van der Waals surface area contributed by atoms with E-state index < -0.39 is 0 Å². The zero-order chi connectivity index (χ0) is 17.5. The second-order valence-electron chi connectivity index (χ2n) is 5.47. The molecule has 1 aromatic carbocycles. The summed E-state index contributed by atoms with van der Waals surface area (Å²) in [7, 11) is 1.69. The monoisotopic (exact) mass is 347 g/mol. The normalized spacial score (nSPS) is 10.8. The second-order valence-corrected chi connectivity index (χ2v) is 6.41. The van der Waals surface area contributed by atoms with E-state index in [2.05, 4.69) is 9.55 Å². The van der Waals surface area contributed by atoms with Crippen molar-refractivity contribution in [3.05, 3.63) is 41.7 Å². The minimum absolute atomic E-state index is 0.0882. The Balaban J connectivity index is 2.07. The Morgan fingerprint density at radius 1 is 1.29 bits per heavy atom. The molecule has 0 unspecified atom stereocenters. The number of para-hydroxylation sites is 1. The number of benzene rings is 1. The van der Waals surface area contributed by atoms with Gasteiger partial charge >= 0.3 is 0 Å². The Bertz CT molecular complexity index is 670. The molecule has 0 bridgehead atoms. The predicted octanol–water partition coefficient (Wildman–Crippen LogP) is 3.29. The van der Waals surface area contributed by atoms with E-state index in [-0.39, 0.29) is 5.91 Å². The number of amides is 1. The highest BCUT2D eigenvalue weighted by atomic mass is 32.2. The lowest BCUT2D eigenvalue weighted by molar-refractivity contribution is -0.116. The molecule has 1 aromatic heterocycles. The molecule has 130 valence electrons. The molecule has 0 saturated carbocycles. The number of rotatable bonds is 8. The molecule has 0 fully saturated rings. The van der Waals surface area contributed by atoms with Crippen LogP contribution in [0.25, 0.3) is 0 Å². The van der Waals surface area contributed by atoms with Gasteiger partial charge in [0.15, 0.2) is 5.16 Å². The SMILES string of the molecule is CCN(C(=O)CSc1nc(C)c(C)n1CCOC)c1ccccc1. The van der Waals surface area contributed by atoms with Crippen LogP contribution >= 0.6 is 11.8 Å². The number of hydrogen-bond acceptors (Lipinski definition) is 4. The molecule has 0 spiro atoms. The fourth-order valence-electron chi connectivity index (χ4n) is 2.49. The van der Waals surface area contributed by atoms with Crippen molar-refractivity contribution >= 4 is 23.4 Å². The van der Waals surface area contributed by atoms with Gasteiger partial charge in [0.2, 0.25) is 5.91 Å². The first-order valence-electron chi connectivity index (χ1n) is 8.09. The standard InChI is InChI=1S/C18H25N3O2S/c1-5-20(16-9-7-6-8-10-16)17(22)13-24-18-19-14(2)15(3)21(18)11-12-23-4/h6-10H,5,11-13H2,1-4H3. The van der Waals surface area contributed by atoms with Crippen LogP contribution in [0, 0.1) is 13.8 Å². The van der Waals surface area contributed by atoms with Crippen molar-refractivity contribution in [1.82, 2.24) is 9.55 Å². The summed E-state index contributed by atoms with van der Waals surface area (Å²) in [5.74, 6) is 0.455. The number of carbonyl (C=O) groups excluding carboxylic acids is 1. The first kappa shape index (κ1) is 18.5. The number of ether oxygens (including phenoxy) is 1. The third kappa shape index (κ3) is 4.39. The van der Waals surface area contributed by atoms with Gasteiger partial charge in [0.1, 0.15) is 0 Å². The topological polar surface area (TPSA) is 47.4 Å². The molecule has 0 aliphatic carbocycles. The van der Waals surface area contributed by atoms with Gasteiger partial charge in [-0.2, -0.15) is 0 Å². The molecule has 1 amide bonds. The maximum Gasteiger partial charge on any atom is 0.237 e.